The van der Waals surface area contributed by atoms with E-state index in [1.807, 2.05) is 18.2 Å². The summed E-state index contributed by atoms with van der Waals surface area (Å²) < 4.78 is 27.1. The topological polar surface area (TPSA) is 70.6 Å². The van der Waals surface area contributed by atoms with Gasteiger partial charge in [0.1, 0.15) is 0 Å². The van der Waals surface area contributed by atoms with E-state index < -0.39 is 9.84 Å². The van der Waals surface area contributed by atoms with E-state index in [9.17, 15) is 13.2 Å². The van der Waals surface area contributed by atoms with E-state index >= 15 is 0 Å². The molecule has 172 valence electrons. The highest BCUT2D eigenvalue weighted by molar-refractivity contribution is 9.10. The minimum atomic E-state index is -3.40. The second-order valence-electron chi connectivity index (χ2n) is 7.42. The van der Waals surface area contributed by atoms with E-state index in [0.717, 1.165) is 34.3 Å². The van der Waals surface area contributed by atoms with Gasteiger partial charge in [0.05, 0.1) is 20.9 Å². The predicted molar refractivity (Wildman–Crippen MR) is 135 cm³/mol. The van der Waals surface area contributed by atoms with E-state index in [0.29, 0.717) is 16.6 Å². The van der Waals surface area contributed by atoms with Crippen LogP contribution in [-0.4, -0.2) is 56.1 Å². The maximum absolute atomic E-state index is 13.2. The van der Waals surface area contributed by atoms with Crippen LogP contribution in [-0.2, 0) is 14.6 Å². The summed E-state index contributed by atoms with van der Waals surface area (Å²) in [6.07, 6.45) is 0.429. The molecule has 1 aromatic heterocycles. The molecule has 0 aliphatic carbocycles. The van der Waals surface area contributed by atoms with Gasteiger partial charge >= 0.3 is 0 Å². The number of sulfone groups is 1. The molecule has 3 aromatic rings. The molecule has 0 saturated heterocycles. The van der Waals surface area contributed by atoms with Crippen molar-refractivity contribution in [3.8, 4) is 0 Å². The molecule has 0 N–H and O–H groups in total. The van der Waals surface area contributed by atoms with Gasteiger partial charge in [-0.2, -0.15) is 0 Å². The van der Waals surface area contributed by atoms with Crippen molar-refractivity contribution in [2.24, 2.45) is 0 Å². The van der Waals surface area contributed by atoms with Crippen molar-refractivity contribution in [3.63, 3.8) is 0 Å². The van der Waals surface area contributed by atoms with Crippen LogP contribution in [0.4, 0.5) is 5.13 Å². The zero-order valence-corrected chi connectivity index (χ0v) is 21.5. The molecule has 0 spiro atoms. The van der Waals surface area contributed by atoms with Crippen molar-refractivity contribution in [3.05, 3.63) is 53.0 Å². The Balaban J connectivity index is 1.73. The molecule has 0 radical (unpaired) electrons. The number of hydrogen-bond acceptors (Lipinski definition) is 6. The van der Waals surface area contributed by atoms with Crippen LogP contribution in [0.3, 0.4) is 0 Å². The summed E-state index contributed by atoms with van der Waals surface area (Å²) in [5.41, 5.74) is 0.848. The quantitative estimate of drug-likeness (QED) is 0.344. The molecule has 0 aliphatic rings. The summed E-state index contributed by atoms with van der Waals surface area (Å²) >= 11 is 4.96. The minimum absolute atomic E-state index is 0.0561. The van der Waals surface area contributed by atoms with E-state index in [1.165, 1.54) is 11.3 Å². The highest BCUT2D eigenvalue weighted by Gasteiger charge is 2.22. The molecule has 0 unspecified atom stereocenters. The highest BCUT2D eigenvalue weighted by atomic mass is 79.9. The number of benzene rings is 2. The number of amides is 1. The van der Waals surface area contributed by atoms with E-state index in [4.69, 9.17) is 0 Å². The zero-order valence-electron chi connectivity index (χ0n) is 18.3. The van der Waals surface area contributed by atoms with E-state index in [1.54, 1.807) is 35.2 Å². The smallest absolute Gasteiger partial charge is 0.228 e. The van der Waals surface area contributed by atoms with Crippen molar-refractivity contribution in [2.45, 2.75) is 31.6 Å². The predicted octanol–water partition coefficient (Wildman–Crippen LogP) is 4.99. The summed E-state index contributed by atoms with van der Waals surface area (Å²) in [6, 6.07) is 14.2. The maximum atomic E-state index is 13.2. The van der Waals surface area contributed by atoms with Gasteiger partial charge in [0, 0.05) is 24.0 Å². The fraction of sp³-hybridized carbons (Fsp3) is 0.391. The average molecular weight is 539 g/mol. The van der Waals surface area contributed by atoms with Gasteiger partial charge in [-0.15, -0.1) is 0 Å². The number of likely N-dealkylation sites (N-methyl/N-ethyl adjacent to an activating group) is 1. The summed E-state index contributed by atoms with van der Waals surface area (Å²) in [4.78, 5) is 22.1. The molecule has 0 bridgehead atoms. The summed E-state index contributed by atoms with van der Waals surface area (Å²) in [5.74, 6) is -0.155. The summed E-state index contributed by atoms with van der Waals surface area (Å²) in [6.45, 7) is 7.26. The van der Waals surface area contributed by atoms with E-state index in [2.05, 4.69) is 39.7 Å². The van der Waals surface area contributed by atoms with Crippen LogP contribution in [0.1, 0.15) is 26.7 Å². The third-order valence-corrected chi connectivity index (χ3v) is 8.66. The molecule has 1 heterocycles. The molecular formula is C23H28BrN3O3S2. The first kappa shape index (κ1) is 24.8. The molecule has 6 nitrogen and oxygen atoms in total. The average Bonchev–Trinajstić information content (AvgIpc) is 3.20. The van der Waals surface area contributed by atoms with Gasteiger partial charge in [-0.3, -0.25) is 9.69 Å². The van der Waals surface area contributed by atoms with Crippen molar-refractivity contribution in [1.29, 1.82) is 0 Å². The van der Waals surface area contributed by atoms with Gasteiger partial charge in [0.2, 0.25) is 5.91 Å². The minimum Gasteiger partial charge on any atom is -0.302 e. The van der Waals surface area contributed by atoms with Crippen LogP contribution in [0.15, 0.2) is 57.9 Å². The number of rotatable bonds is 11. The standard InChI is InChI=1S/C23H28BrN3O3S2/c1-3-26(4-2)14-15-27(23-25-20-13-12-18(24)17-21(20)31-23)22(28)11-8-16-32(29,30)19-9-6-5-7-10-19/h5-7,9-10,12-13,17H,3-4,8,11,14-16H2,1-2H3. The Hall–Kier alpha value is -1.81. The Morgan fingerprint density at radius 1 is 1.06 bits per heavy atom. The Labute approximate surface area is 202 Å². The monoisotopic (exact) mass is 537 g/mol. The number of aromatic nitrogens is 1. The molecule has 9 heteroatoms. The largest absolute Gasteiger partial charge is 0.302 e. The highest BCUT2D eigenvalue weighted by Crippen LogP contribution is 2.31. The number of halogens is 1. The Bertz CT molecular complexity index is 1150. The Morgan fingerprint density at radius 2 is 1.78 bits per heavy atom. The fourth-order valence-corrected chi connectivity index (χ4v) is 6.30. The van der Waals surface area contributed by atoms with Gasteiger partial charge in [0.15, 0.2) is 15.0 Å². The van der Waals surface area contributed by atoms with Crippen molar-refractivity contribution >= 4 is 58.4 Å². The maximum Gasteiger partial charge on any atom is 0.228 e. The molecular weight excluding hydrogens is 510 g/mol. The van der Waals surface area contributed by atoms with Gasteiger partial charge < -0.3 is 4.90 Å². The van der Waals surface area contributed by atoms with Crippen LogP contribution in [0, 0.1) is 0 Å². The van der Waals surface area contributed by atoms with Crippen LogP contribution < -0.4 is 4.90 Å². The third kappa shape index (κ3) is 6.37. The fourth-order valence-electron chi connectivity index (χ4n) is 3.40. The molecule has 3 rings (SSSR count). The van der Waals surface area contributed by atoms with Crippen molar-refractivity contribution in [2.75, 3.05) is 36.8 Å². The molecule has 1 amide bonds. The number of anilines is 1. The second-order valence-corrected chi connectivity index (χ2v) is 11.5. The van der Waals surface area contributed by atoms with Gasteiger partial charge in [-0.1, -0.05) is 59.3 Å². The van der Waals surface area contributed by atoms with Crippen LogP contribution in [0.2, 0.25) is 0 Å². The molecule has 0 aliphatic heterocycles. The molecule has 2 aromatic carbocycles. The van der Waals surface area contributed by atoms with Gasteiger partial charge in [-0.25, -0.2) is 13.4 Å². The number of carbonyl (C=O) groups excluding carboxylic acids is 1. The Morgan fingerprint density at radius 3 is 2.47 bits per heavy atom. The Kier molecular flexibility index (Phi) is 8.81. The van der Waals surface area contributed by atoms with Crippen LogP contribution in [0.25, 0.3) is 10.2 Å². The lowest BCUT2D eigenvalue weighted by molar-refractivity contribution is -0.118. The number of carbonyl (C=O) groups is 1. The first-order chi connectivity index (χ1) is 15.3. The number of nitrogens with zero attached hydrogens (tertiary/aromatic N) is 3. The van der Waals surface area contributed by atoms with Crippen LogP contribution >= 0.6 is 27.3 Å². The normalized spacial score (nSPS) is 11.9. The van der Waals surface area contributed by atoms with Gasteiger partial charge in [0.25, 0.3) is 0 Å². The SMILES string of the molecule is CCN(CC)CCN(C(=O)CCCS(=O)(=O)c1ccccc1)c1nc2ccc(Br)cc2s1. The molecule has 0 fully saturated rings. The van der Waals surface area contributed by atoms with Gasteiger partial charge in [-0.05, 0) is 49.8 Å². The van der Waals surface area contributed by atoms with Crippen molar-refractivity contribution < 1.29 is 13.2 Å². The summed E-state index contributed by atoms with van der Waals surface area (Å²) in [7, 11) is -3.40. The molecule has 0 atom stereocenters. The lowest BCUT2D eigenvalue weighted by Crippen LogP contribution is -2.38. The first-order valence-corrected chi connectivity index (χ1v) is 14.0. The molecule has 0 saturated carbocycles. The lowest BCUT2D eigenvalue weighted by atomic mass is 10.3. The number of thiazole rings is 1. The van der Waals surface area contributed by atoms with E-state index in [-0.39, 0.29) is 24.5 Å². The summed E-state index contributed by atoms with van der Waals surface area (Å²) in [5, 5.41) is 0.654. The first-order valence-electron chi connectivity index (χ1n) is 10.7. The van der Waals surface area contributed by atoms with Crippen molar-refractivity contribution in [1.82, 2.24) is 9.88 Å². The third-order valence-electron chi connectivity index (χ3n) is 5.31. The second kappa shape index (κ2) is 11.4. The lowest BCUT2D eigenvalue weighted by Gasteiger charge is -2.24. The number of fused-ring (bicyclic) bond motifs is 1. The molecule has 32 heavy (non-hydrogen) atoms. The van der Waals surface area contributed by atoms with Crippen LogP contribution in [0.5, 0.6) is 0 Å². The number of hydrogen-bond donors (Lipinski definition) is 0. The zero-order chi connectivity index (χ0) is 23.1.